The molecule has 0 saturated carbocycles. The van der Waals surface area contributed by atoms with Crippen molar-refractivity contribution in [1.82, 2.24) is 9.78 Å². The molecule has 1 heterocycles. The van der Waals surface area contributed by atoms with Crippen molar-refractivity contribution >= 4 is 17.4 Å². The van der Waals surface area contributed by atoms with E-state index in [1.54, 1.807) is 18.2 Å². The lowest BCUT2D eigenvalue weighted by molar-refractivity contribution is -0.389. The molecule has 2 aromatic rings. The van der Waals surface area contributed by atoms with E-state index in [4.69, 9.17) is 21.6 Å². The largest absolute Gasteiger partial charge is 0.495 e. The van der Waals surface area contributed by atoms with Gasteiger partial charge in [0.05, 0.1) is 30.5 Å². The Balaban J connectivity index is 2.29. The molecule has 0 aliphatic heterocycles. The highest BCUT2D eigenvalue weighted by Crippen LogP contribution is 2.23. The topological polar surface area (TPSA) is 94.0 Å². The maximum atomic E-state index is 10.7. The average Bonchev–Trinajstić information content (AvgIpc) is 2.79. The van der Waals surface area contributed by atoms with Crippen molar-refractivity contribution < 1.29 is 9.66 Å². The van der Waals surface area contributed by atoms with Gasteiger partial charge in [-0.15, -0.1) is 0 Å². The molecule has 7 nitrogen and oxygen atoms in total. The molecular weight excluding hydrogens is 284 g/mol. The molecule has 0 bridgehead atoms. The lowest BCUT2D eigenvalue weighted by atomic mass is 10.1. The SMILES string of the molecule is COc1ccc(Cn2cc(Cl)c([N+](=O)[O-])n2)cc1C#N. The first-order valence-electron chi connectivity index (χ1n) is 5.49. The molecule has 0 amide bonds. The van der Waals surface area contributed by atoms with E-state index in [0.717, 1.165) is 5.56 Å². The van der Waals surface area contributed by atoms with Gasteiger partial charge in [-0.2, -0.15) is 9.94 Å². The summed E-state index contributed by atoms with van der Waals surface area (Å²) in [6.45, 7) is 0.270. The van der Waals surface area contributed by atoms with Crippen molar-refractivity contribution in [2.45, 2.75) is 6.54 Å². The normalized spacial score (nSPS) is 10.1. The molecule has 0 saturated heterocycles. The minimum absolute atomic E-state index is 0.0241. The molecule has 0 atom stereocenters. The number of nitrogens with zero attached hydrogens (tertiary/aromatic N) is 4. The van der Waals surface area contributed by atoms with Gasteiger partial charge in [0.15, 0.2) is 5.02 Å². The van der Waals surface area contributed by atoms with E-state index in [2.05, 4.69) is 5.10 Å². The van der Waals surface area contributed by atoms with Gasteiger partial charge in [0, 0.05) is 0 Å². The number of nitriles is 1. The Bertz CT molecular complexity index is 705. The number of benzene rings is 1. The Hall–Kier alpha value is -2.59. The summed E-state index contributed by atoms with van der Waals surface area (Å²) in [4.78, 5) is 10.0. The smallest absolute Gasteiger partial charge is 0.408 e. The molecular formula is C12H9ClN4O3. The molecule has 0 spiro atoms. The molecule has 0 N–H and O–H groups in total. The summed E-state index contributed by atoms with van der Waals surface area (Å²) in [6, 6.07) is 7.07. The van der Waals surface area contributed by atoms with Crippen LogP contribution in [0.1, 0.15) is 11.1 Å². The molecule has 0 unspecified atom stereocenters. The number of nitro groups is 1. The van der Waals surface area contributed by atoms with Crippen molar-refractivity contribution in [1.29, 1.82) is 5.26 Å². The van der Waals surface area contributed by atoms with Gasteiger partial charge in [0.2, 0.25) is 0 Å². The third kappa shape index (κ3) is 2.70. The Morgan fingerprint density at radius 1 is 1.60 bits per heavy atom. The zero-order valence-electron chi connectivity index (χ0n) is 10.4. The van der Waals surface area contributed by atoms with Crippen LogP contribution in [0.4, 0.5) is 5.82 Å². The van der Waals surface area contributed by atoms with Crippen molar-refractivity contribution in [2.75, 3.05) is 7.11 Å². The summed E-state index contributed by atoms with van der Waals surface area (Å²) in [6.07, 6.45) is 1.37. The van der Waals surface area contributed by atoms with Crippen LogP contribution in [0.5, 0.6) is 5.75 Å². The first kappa shape index (κ1) is 13.8. The van der Waals surface area contributed by atoms with Crippen LogP contribution in [0.25, 0.3) is 0 Å². The Morgan fingerprint density at radius 3 is 2.90 bits per heavy atom. The first-order chi connectivity index (χ1) is 9.55. The van der Waals surface area contributed by atoms with Crippen LogP contribution >= 0.6 is 11.6 Å². The molecule has 0 aliphatic rings. The average molecular weight is 293 g/mol. The van der Waals surface area contributed by atoms with Crippen molar-refractivity contribution in [3.8, 4) is 11.8 Å². The molecule has 1 aromatic carbocycles. The minimum Gasteiger partial charge on any atom is -0.495 e. The van der Waals surface area contributed by atoms with Crippen LogP contribution < -0.4 is 4.74 Å². The third-order valence-corrected chi connectivity index (χ3v) is 2.87. The number of halogens is 1. The molecule has 0 radical (unpaired) electrons. The second kappa shape index (κ2) is 5.59. The maximum Gasteiger partial charge on any atom is 0.408 e. The van der Waals surface area contributed by atoms with Gasteiger partial charge in [-0.3, -0.25) is 0 Å². The number of hydrogen-bond donors (Lipinski definition) is 0. The number of aromatic nitrogens is 2. The lowest BCUT2D eigenvalue weighted by Gasteiger charge is -2.04. The molecule has 20 heavy (non-hydrogen) atoms. The van der Waals surface area contributed by atoms with Crippen molar-refractivity contribution in [3.63, 3.8) is 0 Å². The van der Waals surface area contributed by atoms with Gasteiger partial charge in [-0.1, -0.05) is 17.7 Å². The zero-order valence-corrected chi connectivity index (χ0v) is 11.2. The zero-order chi connectivity index (χ0) is 14.7. The Labute approximate surface area is 119 Å². The van der Waals surface area contributed by atoms with E-state index in [0.29, 0.717) is 11.3 Å². The number of ether oxygens (including phenoxy) is 1. The van der Waals surface area contributed by atoms with Gasteiger partial charge in [0.25, 0.3) is 0 Å². The predicted octanol–water partition coefficient (Wildman–Crippen LogP) is 2.37. The van der Waals surface area contributed by atoms with Crippen molar-refractivity contribution in [2.24, 2.45) is 0 Å². The highest BCUT2D eigenvalue weighted by molar-refractivity contribution is 6.32. The fourth-order valence-corrected chi connectivity index (χ4v) is 1.94. The van der Waals surface area contributed by atoms with Gasteiger partial charge in [-0.25, -0.2) is 0 Å². The van der Waals surface area contributed by atoms with Crippen LogP contribution in [-0.2, 0) is 6.54 Å². The van der Waals surface area contributed by atoms with E-state index in [1.807, 2.05) is 6.07 Å². The molecule has 0 aliphatic carbocycles. The Morgan fingerprint density at radius 2 is 2.35 bits per heavy atom. The van der Waals surface area contributed by atoms with Crippen LogP contribution in [0.2, 0.25) is 5.02 Å². The summed E-state index contributed by atoms with van der Waals surface area (Å²) in [5.41, 5.74) is 1.15. The van der Waals surface area contributed by atoms with Gasteiger partial charge in [0.1, 0.15) is 11.8 Å². The van der Waals surface area contributed by atoms with E-state index < -0.39 is 4.92 Å². The number of rotatable bonds is 4. The molecule has 1 aromatic heterocycles. The van der Waals surface area contributed by atoms with Gasteiger partial charge < -0.3 is 14.9 Å². The molecule has 0 fully saturated rings. The molecule has 2 rings (SSSR count). The van der Waals surface area contributed by atoms with Crippen LogP contribution in [0.3, 0.4) is 0 Å². The summed E-state index contributed by atoms with van der Waals surface area (Å²) < 4.78 is 6.39. The fraction of sp³-hybridized carbons (Fsp3) is 0.167. The van der Waals surface area contributed by atoms with E-state index in [9.17, 15) is 10.1 Å². The van der Waals surface area contributed by atoms with Crippen LogP contribution in [-0.4, -0.2) is 21.8 Å². The summed E-state index contributed by atoms with van der Waals surface area (Å²) in [5.74, 6) is 0.0846. The predicted molar refractivity (Wildman–Crippen MR) is 70.7 cm³/mol. The standard InChI is InChI=1S/C12H9ClN4O3/c1-20-11-3-2-8(4-9(11)5-14)6-16-7-10(13)12(15-16)17(18)19/h2-4,7H,6H2,1H3. The second-order valence-corrected chi connectivity index (χ2v) is 4.31. The van der Waals surface area contributed by atoms with Crippen LogP contribution in [0.15, 0.2) is 24.4 Å². The minimum atomic E-state index is -0.645. The summed E-state index contributed by atoms with van der Waals surface area (Å²) >= 11 is 5.72. The number of methoxy groups -OCH3 is 1. The number of hydrogen-bond acceptors (Lipinski definition) is 5. The van der Waals surface area contributed by atoms with E-state index in [1.165, 1.54) is 18.0 Å². The van der Waals surface area contributed by atoms with E-state index >= 15 is 0 Å². The summed E-state index contributed by atoms with van der Waals surface area (Å²) in [7, 11) is 1.48. The lowest BCUT2D eigenvalue weighted by Crippen LogP contribution is -2.02. The van der Waals surface area contributed by atoms with Crippen LogP contribution in [0, 0.1) is 21.4 Å². The quantitative estimate of drug-likeness (QED) is 0.637. The third-order valence-electron chi connectivity index (χ3n) is 2.60. The monoisotopic (exact) mass is 292 g/mol. The highest BCUT2D eigenvalue weighted by atomic mass is 35.5. The Kier molecular flexibility index (Phi) is 3.86. The maximum absolute atomic E-state index is 10.7. The van der Waals surface area contributed by atoms with Gasteiger partial charge >= 0.3 is 5.82 Å². The highest BCUT2D eigenvalue weighted by Gasteiger charge is 2.19. The fourth-order valence-electron chi connectivity index (χ4n) is 1.72. The second-order valence-electron chi connectivity index (χ2n) is 3.90. The molecule has 8 heteroatoms. The van der Waals surface area contributed by atoms with Gasteiger partial charge in [-0.05, 0) is 22.6 Å². The van der Waals surface area contributed by atoms with Crippen molar-refractivity contribution in [3.05, 3.63) is 50.7 Å². The molecule has 102 valence electrons. The first-order valence-corrected chi connectivity index (χ1v) is 5.87. The summed E-state index contributed by atoms with van der Waals surface area (Å²) in [5, 5.41) is 23.4. The van der Waals surface area contributed by atoms with E-state index in [-0.39, 0.29) is 17.4 Å².